The predicted octanol–water partition coefficient (Wildman–Crippen LogP) is 1.99. The monoisotopic (exact) mass is 489 g/mol. The number of morpholine rings is 1. The van der Waals surface area contributed by atoms with Gasteiger partial charge >= 0.3 is 5.97 Å². The molecule has 5 rings (SSSR count). The molecule has 3 saturated carbocycles. The first-order valence-electron chi connectivity index (χ1n) is 11.7. The lowest BCUT2D eigenvalue weighted by Gasteiger charge is -2.61. The minimum absolute atomic E-state index is 0.0639. The zero-order valence-electron chi connectivity index (χ0n) is 18.3. The van der Waals surface area contributed by atoms with E-state index in [1.807, 2.05) is 0 Å². The molecule has 3 aliphatic carbocycles. The molecule has 0 radical (unpaired) electrons. The predicted molar refractivity (Wildman–Crippen MR) is 111 cm³/mol. The van der Waals surface area contributed by atoms with Gasteiger partial charge in [0, 0.05) is 12.1 Å². The number of hydrogen-bond donors (Lipinski definition) is 1. The molecule has 0 aromatic rings. The standard InChI is InChI=1S/C22H29F2NO7S/c1-2-31-22(27)13-9-25-18-11-4-3-5-16(33(28,29)30)10(11)6-7-15(18)32-21-17(24)14(23)8-12(19(21)25)20(13)26/h9-12,14-19,21H,2-8H2,1H3,(H,28,29,30). The molecule has 0 aromatic heterocycles. The normalized spacial score (nSPS) is 44.8. The van der Waals surface area contributed by atoms with Crippen molar-refractivity contribution in [2.75, 3.05) is 6.61 Å². The molecule has 33 heavy (non-hydrogen) atoms. The molecule has 10 unspecified atom stereocenters. The number of fused-ring (bicyclic) bond motifs is 4. The van der Waals surface area contributed by atoms with Crippen molar-refractivity contribution in [3.05, 3.63) is 11.8 Å². The van der Waals surface area contributed by atoms with Crippen LogP contribution in [0, 0.1) is 17.8 Å². The van der Waals surface area contributed by atoms with Crippen molar-refractivity contribution >= 4 is 21.9 Å². The van der Waals surface area contributed by atoms with Crippen molar-refractivity contribution in [3.63, 3.8) is 0 Å². The molecule has 0 amide bonds. The fraction of sp³-hybridized carbons (Fsp3) is 0.818. The Bertz CT molecular complexity index is 972. The number of carbonyl (C=O) groups is 2. The molecular formula is C22H29F2NO7S. The molecule has 5 aliphatic rings. The Kier molecular flexibility index (Phi) is 5.80. The number of carbonyl (C=O) groups excluding carboxylic acids is 2. The Morgan fingerprint density at radius 2 is 1.97 bits per heavy atom. The van der Waals surface area contributed by atoms with Crippen LogP contribution in [0.1, 0.15) is 45.4 Å². The van der Waals surface area contributed by atoms with E-state index in [0.29, 0.717) is 32.1 Å². The number of halogens is 2. The van der Waals surface area contributed by atoms with Gasteiger partial charge in [0.05, 0.1) is 30.0 Å². The summed E-state index contributed by atoms with van der Waals surface area (Å²) >= 11 is 0. The van der Waals surface area contributed by atoms with Crippen LogP contribution in [0.4, 0.5) is 8.78 Å². The molecule has 11 heteroatoms. The fourth-order valence-corrected chi connectivity index (χ4v) is 8.34. The third-order valence-corrected chi connectivity index (χ3v) is 9.67. The van der Waals surface area contributed by atoms with Gasteiger partial charge in [-0.25, -0.2) is 13.6 Å². The third-order valence-electron chi connectivity index (χ3n) is 8.32. The summed E-state index contributed by atoms with van der Waals surface area (Å²) in [6, 6.07) is -1.18. The number of Topliss-reactive ketones (excluding diaryl/α,β-unsaturated/α-hetero) is 1. The highest BCUT2D eigenvalue weighted by Crippen LogP contribution is 2.52. The van der Waals surface area contributed by atoms with Crippen LogP contribution in [0.2, 0.25) is 0 Å². The summed E-state index contributed by atoms with van der Waals surface area (Å²) in [5, 5.41) is -0.888. The summed E-state index contributed by atoms with van der Waals surface area (Å²) in [6.45, 7) is 1.68. The minimum atomic E-state index is -4.25. The lowest BCUT2D eigenvalue weighted by atomic mass is 9.63. The Morgan fingerprint density at radius 3 is 2.67 bits per heavy atom. The van der Waals surface area contributed by atoms with Gasteiger partial charge in [0.25, 0.3) is 10.1 Å². The minimum Gasteiger partial charge on any atom is -0.462 e. The van der Waals surface area contributed by atoms with Crippen LogP contribution < -0.4 is 0 Å². The zero-order valence-corrected chi connectivity index (χ0v) is 19.1. The molecular weight excluding hydrogens is 460 g/mol. The zero-order chi connectivity index (χ0) is 23.7. The number of ketones is 1. The van der Waals surface area contributed by atoms with E-state index in [1.165, 1.54) is 6.20 Å². The van der Waals surface area contributed by atoms with Gasteiger partial charge in [-0.05, 0) is 50.9 Å². The lowest BCUT2D eigenvalue weighted by Crippen LogP contribution is -2.72. The molecule has 0 bridgehead atoms. The number of alkyl halides is 2. The topological polar surface area (TPSA) is 110 Å². The van der Waals surface area contributed by atoms with Gasteiger partial charge in [-0.15, -0.1) is 0 Å². The van der Waals surface area contributed by atoms with Crippen LogP contribution in [-0.4, -0.2) is 78.1 Å². The van der Waals surface area contributed by atoms with Crippen LogP contribution in [0.3, 0.4) is 0 Å². The van der Waals surface area contributed by atoms with Crippen molar-refractivity contribution in [2.45, 2.75) is 87.3 Å². The second-order valence-electron chi connectivity index (χ2n) is 9.89. The van der Waals surface area contributed by atoms with E-state index in [2.05, 4.69) is 0 Å². The van der Waals surface area contributed by atoms with Crippen molar-refractivity contribution in [1.82, 2.24) is 4.90 Å². The number of esters is 1. The largest absolute Gasteiger partial charge is 0.462 e. The van der Waals surface area contributed by atoms with Crippen LogP contribution in [0.5, 0.6) is 0 Å². The van der Waals surface area contributed by atoms with E-state index in [0.717, 1.165) is 0 Å². The molecule has 184 valence electrons. The van der Waals surface area contributed by atoms with Crippen LogP contribution in [0.15, 0.2) is 11.8 Å². The summed E-state index contributed by atoms with van der Waals surface area (Å²) < 4.78 is 74.7. The Hall–Kier alpha value is -1.59. The van der Waals surface area contributed by atoms with Gasteiger partial charge < -0.3 is 14.4 Å². The summed E-state index contributed by atoms with van der Waals surface area (Å²) in [5.41, 5.74) is -0.189. The second kappa shape index (κ2) is 8.27. The molecule has 2 heterocycles. The van der Waals surface area contributed by atoms with Gasteiger partial charge in [0.2, 0.25) is 0 Å². The maximum Gasteiger partial charge on any atom is 0.343 e. The fourth-order valence-electron chi connectivity index (χ4n) is 7.09. The van der Waals surface area contributed by atoms with Crippen molar-refractivity contribution < 1.29 is 40.8 Å². The molecule has 1 saturated heterocycles. The van der Waals surface area contributed by atoms with Crippen LogP contribution in [-0.2, 0) is 29.2 Å². The molecule has 10 atom stereocenters. The van der Waals surface area contributed by atoms with Gasteiger partial charge in [-0.1, -0.05) is 6.42 Å². The van der Waals surface area contributed by atoms with Gasteiger partial charge in [-0.3, -0.25) is 9.35 Å². The first kappa shape index (κ1) is 23.2. The highest BCUT2D eigenvalue weighted by molar-refractivity contribution is 7.86. The summed E-state index contributed by atoms with van der Waals surface area (Å²) in [5.74, 6) is -2.83. The maximum atomic E-state index is 15.0. The highest BCUT2D eigenvalue weighted by Gasteiger charge is 2.62. The van der Waals surface area contributed by atoms with Gasteiger partial charge in [-0.2, -0.15) is 8.42 Å². The third kappa shape index (κ3) is 3.61. The van der Waals surface area contributed by atoms with Gasteiger partial charge in [0.1, 0.15) is 17.8 Å². The lowest BCUT2D eigenvalue weighted by molar-refractivity contribution is -0.225. The van der Waals surface area contributed by atoms with Crippen LogP contribution in [0.25, 0.3) is 0 Å². The Labute approximate surface area is 191 Å². The molecule has 8 nitrogen and oxygen atoms in total. The van der Waals surface area contributed by atoms with E-state index >= 15 is 0 Å². The van der Waals surface area contributed by atoms with Crippen molar-refractivity contribution in [1.29, 1.82) is 0 Å². The average Bonchev–Trinajstić information content (AvgIpc) is 2.77. The number of nitrogens with zero attached hydrogens (tertiary/aromatic N) is 1. The van der Waals surface area contributed by atoms with E-state index in [-0.39, 0.29) is 30.4 Å². The quantitative estimate of drug-likeness (QED) is 0.364. The Balaban J connectivity index is 1.58. The highest BCUT2D eigenvalue weighted by atomic mass is 32.2. The average molecular weight is 490 g/mol. The smallest absolute Gasteiger partial charge is 0.343 e. The Morgan fingerprint density at radius 1 is 1.21 bits per heavy atom. The first-order valence-corrected chi connectivity index (χ1v) is 13.2. The summed E-state index contributed by atoms with van der Waals surface area (Å²) in [6.07, 6.45) is -1.82. The molecule has 4 fully saturated rings. The number of hydrogen-bond acceptors (Lipinski definition) is 7. The van der Waals surface area contributed by atoms with Crippen molar-refractivity contribution in [3.8, 4) is 0 Å². The second-order valence-corrected chi connectivity index (χ2v) is 11.5. The number of rotatable bonds is 3. The molecule has 1 N–H and O–H groups in total. The van der Waals surface area contributed by atoms with E-state index in [4.69, 9.17) is 9.47 Å². The maximum absolute atomic E-state index is 15.0. The summed E-state index contributed by atoms with van der Waals surface area (Å²) in [7, 11) is -4.25. The molecule has 0 spiro atoms. The van der Waals surface area contributed by atoms with E-state index < -0.39 is 69.7 Å². The SMILES string of the molecule is CCOC(=O)C1=CN2C3C(CCC4C3CCCC4S(=O)(=O)O)OC3C(F)C(F)CC(C1=O)C32. The van der Waals surface area contributed by atoms with Gasteiger partial charge in [0.15, 0.2) is 12.0 Å². The van der Waals surface area contributed by atoms with Crippen LogP contribution >= 0.6 is 0 Å². The molecule has 0 aromatic carbocycles. The van der Waals surface area contributed by atoms with Crippen molar-refractivity contribution in [2.24, 2.45) is 17.8 Å². The van der Waals surface area contributed by atoms with E-state index in [9.17, 15) is 31.3 Å². The number of ether oxygens (including phenoxy) is 2. The molecule has 2 aliphatic heterocycles. The summed E-state index contributed by atoms with van der Waals surface area (Å²) in [4.78, 5) is 27.5. The van der Waals surface area contributed by atoms with E-state index in [1.54, 1.807) is 11.8 Å². The first-order chi connectivity index (χ1) is 15.6.